The number of hydrogen-bond donors (Lipinski definition) is 1. The summed E-state index contributed by atoms with van der Waals surface area (Å²) >= 11 is 0. The van der Waals surface area contributed by atoms with Gasteiger partial charge in [-0.15, -0.1) is 13.2 Å². The van der Waals surface area contributed by atoms with Crippen LogP contribution in [0.5, 0.6) is 5.75 Å². The minimum atomic E-state index is -4.81. The Hall–Kier alpha value is -4.01. The number of benzene rings is 3. The SMILES string of the molecule is O=C(O)CCCN(c1ccccc1)[C@H]1c2ccccc2N(C(=O)c2ccc(OC(F)(F)F)cc2)[C@@H]2CCC[C@@H]21. The van der Waals surface area contributed by atoms with Gasteiger partial charge in [0.05, 0.1) is 6.04 Å². The molecule has 1 amide bonds. The lowest BCUT2D eigenvalue weighted by Gasteiger charge is -2.48. The molecule has 9 heteroatoms. The highest BCUT2D eigenvalue weighted by molar-refractivity contribution is 6.07. The highest BCUT2D eigenvalue weighted by Gasteiger charge is 2.48. The van der Waals surface area contributed by atoms with Gasteiger partial charge in [0.1, 0.15) is 5.75 Å². The van der Waals surface area contributed by atoms with E-state index in [2.05, 4.69) is 9.64 Å². The summed E-state index contributed by atoms with van der Waals surface area (Å²) in [7, 11) is 0. The van der Waals surface area contributed by atoms with Gasteiger partial charge in [0.25, 0.3) is 5.91 Å². The van der Waals surface area contributed by atoms with Crippen LogP contribution in [-0.4, -0.2) is 35.9 Å². The van der Waals surface area contributed by atoms with Crippen LogP contribution in [0, 0.1) is 5.92 Å². The average Bonchev–Trinajstić information content (AvgIpc) is 3.39. The van der Waals surface area contributed by atoms with Crippen LogP contribution in [-0.2, 0) is 4.79 Å². The molecule has 0 saturated heterocycles. The van der Waals surface area contributed by atoms with E-state index in [0.717, 1.165) is 48.3 Å². The highest BCUT2D eigenvalue weighted by Crippen LogP contribution is 2.51. The van der Waals surface area contributed by atoms with Gasteiger partial charge < -0.3 is 19.6 Å². The normalized spacial score (nSPS) is 20.2. The number of halogens is 3. The molecule has 3 atom stereocenters. The predicted octanol–water partition coefficient (Wildman–Crippen LogP) is 6.83. The Kier molecular flexibility index (Phi) is 7.50. The number of hydrogen-bond acceptors (Lipinski definition) is 4. The van der Waals surface area contributed by atoms with Crippen molar-refractivity contribution in [2.45, 2.75) is 50.6 Å². The van der Waals surface area contributed by atoms with Gasteiger partial charge in [-0.3, -0.25) is 9.59 Å². The summed E-state index contributed by atoms with van der Waals surface area (Å²) in [4.78, 5) is 29.3. The first-order valence-electron chi connectivity index (χ1n) is 13.0. The van der Waals surface area contributed by atoms with Crippen LogP contribution < -0.4 is 14.5 Å². The minimum absolute atomic E-state index is 0.0588. The monoisotopic (exact) mass is 538 g/mol. The Balaban J connectivity index is 1.52. The lowest BCUT2D eigenvalue weighted by atomic mass is 9.81. The standard InChI is InChI=1S/C30H29F3N2O4/c31-30(32,33)39-22-17-15-20(16-18-22)29(38)35-25-12-5-4-10-23(25)28(24-11-6-13-26(24)35)34(19-7-14-27(36)37)21-8-2-1-3-9-21/h1-5,8-10,12,15-18,24,26,28H,6-7,11,13-14,19H2,(H,36,37)/t24-,26+,28-/m0/s1. The summed E-state index contributed by atoms with van der Waals surface area (Å²) < 4.78 is 41.8. The third kappa shape index (κ3) is 5.72. The van der Waals surface area contributed by atoms with Gasteiger partial charge in [0.15, 0.2) is 0 Å². The van der Waals surface area contributed by atoms with E-state index in [1.807, 2.05) is 59.5 Å². The summed E-state index contributed by atoms with van der Waals surface area (Å²) in [5.74, 6) is -1.39. The van der Waals surface area contributed by atoms with Crippen molar-refractivity contribution in [1.29, 1.82) is 0 Å². The number of ether oxygens (including phenoxy) is 1. The van der Waals surface area contributed by atoms with E-state index in [1.165, 1.54) is 12.1 Å². The van der Waals surface area contributed by atoms with Crippen LogP contribution >= 0.6 is 0 Å². The zero-order valence-corrected chi connectivity index (χ0v) is 21.2. The number of carboxylic acids is 1. The number of anilines is 2. The van der Waals surface area contributed by atoms with Gasteiger partial charge >= 0.3 is 12.3 Å². The number of carboxylic acid groups (broad SMARTS) is 1. The summed E-state index contributed by atoms with van der Waals surface area (Å²) in [6.45, 7) is 0.549. The minimum Gasteiger partial charge on any atom is -0.481 e. The van der Waals surface area contributed by atoms with E-state index in [1.54, 1.807) is 0 Å². The molecule has 0 aromatic heterocycles. The van der Waals surface area contributed by atoms with Crippen molar-refractivity contribution in [2.24, 2.45) is 5.92 Å². The lowest BCUT2D eigenvalue weighted by Crippen LogP contribution is -2.51. The van der Waals surface area contributed by atoms with E-state index < -0.39 is 12.3 Å². The summed E-state index contributed by atoms with van der Waals surface area (Å²) in [6, 6.07) is 22.5. The third-order valence-electron chi connectivity index (χ3n) is 7.55. The first kappa shape index (κ1) is 26.6. The molecule has 1 aliphatic carbocycles. The summed E-state index contributed by atoms with van der Waals surface area (Å²) in [5, 5.41) is 9.27. The molecule has 1 aliphatic heterocycles. The molecule has 39 heavy (non-hydrogen) atoms. The molecule has 1 N–H and O–H groups in total. The number of carbonyl (C=O) groups excluding carboxylic acids is 1. The fraction of sp³-hybridized carbons (Fsp3) is 0.333. The molecule has 3 aromatic rings. The van der Waals surface area contributed by atoms with Crippen molar-refractivity contribution in [1.82, 2.24) is 0 Å². The maximum Gasteiger partial charge on any atom is 0.573 e. The molecular weight excluding hydrogens is 509 g/mol. The Morgan fingerprint density at radius 1 is 0.949 bits per heavy atom. The average molecular weight is 539 g/mol. The molecule has 5 rings (SSSR count). The van der Waals surface area contributed by atoms with Crippen molar-refractivity contribution in [3.63, 3.8) is 0 Å². The largest absolute Gasteiger partial charge is 0.573 e. The molecule has 0 spiro atoms. The zero-order chi connectivity index (χ0) is 27.6. The van der Waals surface area contributed by atoms with Crippen LogP contribution in [0.3, 0.4) is 0 Å². The first-order chi connectivity index (χ1) is 18.7. The summed E-state index contributed by atoms with van der Waals surface area (Å²) in [6.07, 6.45) is -1.64. The van der Waals surface area contributed by atoms with Gasteiger partial charge in [-0.05, 0) is 67.3 Å². The maximum atomic E-state index is 13.9. The molecule has 6 nitrogen and oxygen atoms in total. The van der Waals surface area contributed by atoms with E-state index in [0.29, 0.717) is 13.0 Å². The Bertz CT molecular complexity index is 1310. The molecule has 1 saturated carbocycles. The molecule has 1 heterocycles. The highest BCUT2D eigenvalue weighted by atomic mass is 19.4. The second-order valence-corrected chi connectivity index (χ2v) is 9.94. The number of amides is 1. The number of para-hydroxylation sites is 2. The molecule has 0 bridgehead atoms. The van der Waals surface area contributed by atoms with Crippen LogP contribution in [0.25, 0.3) is 0 Å². The van der Waals surface area contributed by atoms with Crippen molar-refractivity contribution >= 4 is 23.3 Å². The smallest absolute Gasteiger partial charge is 0.481 e. The van der Waals surface area contributed by atoms with Crippen LogP contribution in [0.4, 0.5) is 24.5 Å². The van der Waals surface area contributed by atoms with Crippen molar-refractivity contribution in [3.05, 3.63) is 90.0 Å². The second-order valence-electron chi connectivity index (χ2n) is 9.94. The number of nitrogens with zero attached hydrogens (tertiary/aromatic N) is 2. The molecule has 1 fully saturated rings. The fourth-order valence-corrected chi connectivity index (χ4v) is 6.07. The maximum absolute atomic E-state index is 13.9. The number of carbonyl (C=O) groups is 2. The second kappa shape index (κ2) is 11.0. The summed E-state index contributed by atoms with van der Waals surface area (Å²) in [5.41, 5.74) is 3.02. The Labute approximate surface area is 224 Å². The van der Waals surface area contributed by atoms with E-state index in [9.17, 15) is 27.9 Å². The van der Waals surface area contributed by atoms with Crippen LogP contribution in [0.1, 0.15) is 54.1 Å². The topological polar surface area (TPSA) is 70.1 Å². The third-order valence-corrected chi connectivity index (χ3v) is 7.55. The van der Waals surface area contributed by atoms with E-state index in [4.69, 9.17) is 0 Å². The van der Waals surface area contributed by atoms with Crippen molar-refractivity contribution in [2.75, 3.05) is 16.3 Å². The number of rotatable bonds is 8. The zero-order valence-electron chi connectivity index (χ0n) is 21.2. The number of fused-ring (bicyclic) bond motifs is 2. The quantitative estimate of drug-likeness (QED) is 0.341. The van der Waals surface area contributed by atoms with Crippen LogP contribution in [0.2, 0.25) is 0 Å². The Morgan fingerprint density at radius 2 is 1.64 bits per heavy atom. The number of alkyl halides is 3. The lowest BCUT2D eigenvalue weighted by molar-refractivity contribution is -0.274. The number of aliphatic carboxylic acids is 1. The Morgan fingerprint density at radius 3 is 2.33 bits per heavy atom. The van der Waals surface area contributed by atoms with Gasteiger partial charge in [-0.1, -0.05) is 42.8 Å². The van der Waals surface area contributed by atoms with Crippen molar-refractivity contribution in [3.8, 4) is 5.75 Å². The predicted molar refractivity (Wildman–Crippen MR) is 141 cm³/mol. The fourth-order valence-electron chi connectivity index (χ4n) is 6.07. The van der Waals surface area contributed by atoms with Crippen molar-refractivity contribution < 1.29 is 32.6 Å². The molecular formula is C30H29F3N2O4. The van der Waals surface area contributed by atoms with Gasteiger partial charge in [0, 0.05) is 41.9 Å². The van der Waals surface area contributed by atoms with Crippen LogP contribution in [0.15, 0.2) is 78.9 Å². The molecule has 3 aromatic carbocycles. The van der Waals surface area contributed by atoms with Gasteiger partial charge in [-0.25, -0.2) is 0 Å². The van der Waals surface area contributed by atoms with E-state index >= 15 is 0 Å². The molecule has 0 unspecified atom stereocenters. The van der Waals surface area contributed by atoms with Gasteiger partial charge in [-0.2, -0.15) is 0 Å². The first-order valence-corrected chi connectivity index (χ1v) is 13.0. The molecule has 2 aliphatic rings. The van der Waals surface area contributed by atoms with Gasteiger partial charge in [0.2, 0.25) is 0 Å². The van der Waals surface area contributed by atoms with E-state index in [-0.39, 0.29) is 41.6 Å². The molecule has 0 radical (unpaired) electrons. The molecule has 204 valence electrons.